The van der Waals surface area contributed by atoms with Gasteiger partial charge in [0.15, 0.2) is 0 Å². The number of aromatic nitrogens is 10. The first-order valence-corrected chi connectivity index (χ1v) is 41.7. The summed E-state index contributed by atoms with van der Waals surface area (Å²) in [6.45, 7) is 0. The molecule has 0 aliphatic rings. The molecule has 19 aromatic carbocycles. The van der Waals surface area contributed by atoms with Crippen LogP contribution in [0, 0.1) is 0 Å². The van der Waals surface area contributed by atoms with E-state index in [1.165, 1.54) is 64.6 Å². The van der Waals surface area contributed by atoms with Crippen molar-refractivity contribution >= 4 is 185 Å². The molecule has 0 N–H and O–H groups in total. The fraction of sp³-hybridized carbons (Fsp3) is 0. The molecule has 0 saturated carbocycles. The van der Waals surface area contributed by atoms with Crippen molar-refractivity contribution in [3.05, 3.63) is 400 Å². The highest BCUT2D eigenvalue weighted by molar-refractivity contribution is 6.26. The summed E-state index contributed by atoms with van der Waals surface area (Å²) in [7, 11) is 0. The summed E-state index contributed by atoms with van der Waals surface area (Å²) in [5, 5.41) is 23.2. The van der Waals surface area contributed by atoms with Crippen LogP contribution in [0.25, 0.3) is 253 Å². The molecule has 0 amide bonds. The first-order valence-electron chi connectivity index (χ1n) is 41.7. The Morgan fingerprint density at radius 1 is 0.148 bits per heavy atom. The summed E-state index contributed by atoms with van der Waals surface area (Å²) < 4.78 is 14.3. The summed E-state index contributed by atoms with van der Waals surface area (Å²) in [5.74, 6) is 1.19. The van der Waals surface area contributed by atoms with E-state index in [0.717, 1.165) is 177 Å². The second-order valence-electron chi connectivity index (χ2n) is 32.4. The first kappa shape index (κ1) is 66.6. The molecule has 0 unspecified atom stereocenters. The van der Waals surface area contributed by atoms with Crippen LogP contribution in [0.5, 0.6) is 0 Å². The standard InChI is InChI=1S/C112H66N10/c1-2-24-74(25-3-1)117-94-37-17-12-30-82(94)84-55-46-72(63-102(84)117)109-87-33-9-16-36-93(87)114-112(116-109)122-101-61-50-70-42-43-71(62-91(70)108(101)90-58-53-76(65-105(90)122)119-96-39-19-10-28-80(96)81-29-11-20-40-97(81)119)67-44-51-75(52-45-67)118-95-38-18-13-31-83(95)85-56-47-73(64-103(85)118)110-86-32-8-15-35-92(86)113-111(115-110)121-100-60-49-69-23-5-7-27-79(69)107(100)89-57-54-77(66-104(89)121)120-98-41-21-14-34-88(98)106-78-26-6-4-22-68(78)48-59-99(106)120/h1-66H. The molecule has 27 rings (SSSR count). The number of para-hydroxylation sites is 8. The highest BCUT2D eigenvalue weighted by Gasteiger charge is 2.27. The fourth-order valence-corrected chi connectivity index (χ4v) is 20.6. The van der Waals surface area contributed by atoms with Crippen molar-refractivity contribution in [3.8, 4) is 68.3 Å². The Morgan fingerprint density at radius 3 is 0.934 bits per heavy atom. The van der Waals surface area contributed by atoms with E-state index < -0.39 is 0 Å². The Morgan fingerprint density at radius 2 is 0.451 bits per heavy atom. The normalized spacial score (nSPS) is 12.3. The molecule has 8 heterocycles. The number of hydrogen-bond acceptors (Lipinski definition) is 4. The van der Waals surface area contributed by atoms with Crippen LogP contribution in [0.1, 0.15) is 0 Å². The Balaban J connectivity index is 0.613. The summed E-state index contributed by atoms with van der Waals surface area (Å²) in [5.41, 5.74) is 25.0. The van der Waals surface area contributed by atoms with Crippen molar-refractivity contribution in [3.63, 3.8) is 0 Å². The Kier molecular flexibility index (Phi) is 13.9. The predicted molar refractivity (Wildman–Crippen MR) is 507 cm³/mol. The third-order valence-corrected chi connectivity index (χ3v) is 26.0. The van der Waals surface area contributed by atoms with Gasteiger partial charge >= 0.3 is 0 Å². The van der Waals surface area contributed by atoms with Crippen LogP contribution in [0.3, 0.4) is 0 Å². The van der Waals surface area contributed by atoms with E-state index in [9.17, 15) is 0 Å². The van der Waals surface area contributed by atoms with Gasteiger partial charge < -0.3 is 18.3 Å². The van der Waals surface area contributed by atoms with E-state index in [4.69, 9.17) is 19.9 Å². The molecule has 10 nitrogen and oxygen atoms in total. The molecule has 0 atom stereocenters. The third kappa shape index (κ3) is 9.59. The number of rotatable bonds is 9. The molecule has 0 aliphatic heterocycles. The summed E-state index contributed by atoms with van der Waals surface area (Å²) in [6.07, 6.45) is 0. The molecular formula is C112H66N10. The first-order chi connectivity index (χ1) is 60.5. The summed E-state index contributed by atoms with van der Waals surface area (Å²) >= 11 is 0. The smallest absolute Gasteiger partial charge is 0.235 e. The van der Waals surface area contributed by atoms with Gasteiger partial charge in [0.05, 0.1) is 88.6 Å². The highest BCUT2D eigenvalue weighted by atomic mass is 15.2. The van der Waals surface area contributed by atoms with Crippen LogP contribution in [-0.4, -0.2) is 47.3 Å². The molecule has 0 bridgehead atoms. The van der Waals surface area contributed by atoms with Crippen LogP contribution in [-0.2, 0) is 0 Å². The van der Waals surface area contributed by atoms with E-state index in [1.807, 2.05) is 0 Å². The minimum atomic E-state index is 0.591. The quantitative estimate of drug-likeness (QED) is 0.144. The van der Waals surface area contributed by atoms with Gasteiger partial charge in [0, 0.05) is 109 Å². The molecule has 10 heteroatoms. The molecular weight excluding hydrogens is 1490 g/mol. The lowest BCUT2D eigenvalue weighted by Crippen LogP contribution is -2.04. The second kappa shape index (κ2) is 25.5. The lowest BCUT2D eigenvalue weighted by molar-refractivity contribution is 1.01. The topological polar surface area (TPSA) is 81.1 Å². The third-order valence-electron chi connectivity index (χ3n) is 26.0. The average Bonchev–Trinajstić information content (AvgIpc) is 1.55. The van der Waals surface area contributed by atoms with Crippen molar-refractivity contribution in [2.75, 3.05) is 0 Å². The minimum Gasteiger partial charge on any atom is -0.309 e. The molecule has 0 fully saturated rings. The maximum atomic E-state index is 5.81. The number of nitrogens with zero attached hydrogens (tertiary/aromatic N) is 10. The van der Waals surface area contributed by atoms with Crippen molar-refractivity contribution in [2.24, 2.45) is 0 Å². The lowest BCUT2D eigenvalue weighted by Gasteiger charge is -2.14. The number of hydrogen-bond donors (Lipinski definition) is 0. The van der Waals surface area contributed by atoms with E-state index in [2.05, 4.69) is 428 Å². The lowest BCUT2D eigenvalue weighted by atomic mass is 9.98. The molecule has 27 aromatic rings. The fourth-order valence-electron chi connectivity index (χ4n) is 20.6. The van der Waals surface area contributed by atoms with Gasteiger partial charge in [-0.25, -0.2) is 19.9 Å². The zero-order chi connectivity index (χ0) is 79.5. The Hall–Kier alpha value is -16.6. The maximum Gasteiger partial charge on any atom is 0.235 e. The Bertz CT molecular complexity index is 9180. The monoisotopic (exact) mass is 1550 g/mol. The van der Waals surface area contributed by atoms with Crippen LogP contribution >= 0.6 is 0 Å². The summed E-state index contributed by atoms with van der Waals surface area (Å²) in [6, 6.07) is 146. The summed E-state index contributed by atoms with van der Waals surface area (Å²) in [4.78, 5) is 22.8. The second-order valence-corrected chi connectivity index (χ2v) is 32.4. The van der Waals surface area contributed by atoms with Crippen molar-refractivity contribution in [1.82, 2.24) is 47.3 Å². The highest BCUT2D eigenvalue weighted by Crippen LogP contribution is 2.47. The molecule has 0 spiro atoms. The maximum absolute atomic E-state index is 5.81. The van der Waals surface area contributed by atoms with Crippen molar-refractivity contribution < 1.29 is 0 Å². The van der Waals surface area contributed by atoms with E-state index in [-0.39, 0.29) is 0 Å². The SMILES string of the molecule is c1ccc(-n2c3ccccc3c3ccc(-c4nc(-n5c6cc(-n7c8ccccc8c8ccccc87)ccc6c6c7cc(-c8ccc(-n9c%10ccccc%10c%10ccc(-c%11nc(-n%12c%13cc(-n%14c%15ccccc%15c%15c%16ccccc%16ccc%15%14)ccc%13c%13c%14ccccc%14ccc%13%12)nc%12ccccc%11%12)cc%109)cc8)ccc7ccc65)nc5ccccc45)cc32)cc1. The zero-order valence-electron chi connectivity index (χ0n) is 65.6. The minimum absolute atomic E-state index is 0.591. The molecule has 0 saturated heterocycles. The van der Waals surface area contributed by atoms with Gasteiger partial charge in [0.2, 0.25) is 11.9 Å². The molecule has 0 radical (unpaired) electrons. The number of benzene rings is 19. The predicted octanol–water partition coefficient (Wildman–Crippen LogP) is 28.6. The average molecular weight is 1550 g/mol. The van der Waals surface area contributed by atoms with Gasteiger partial charge in [-0.3, -0.25) is 9.13 Å². The zero-order valence-corrected chi connectivity index (χ0v) is 65.6. The van der Waals surface area contributed by atoms with E-state index in [0.29, 0.717) is 11.9 Å². The van der Waals surface area contributed by atoms with Gasteiger partial charge in [-0.15, -0.1) is 0 Å². The largest absolute Gasteiger partial charge is 0.309 e. The van der Waals surface area contributed by atoms with E-state index in [1.54, 1.807) is 0 Å². The Labute approximate surface area is 696 Å². The van der Waals surface area contributed by atoms with Gasteiger partial charge in [0.1, 0.15) is 0 Å². The van der Waals surface area contributed by atoms with Gasteiger partial charge in [-0.2, -0.15) is 0 Å². The van der Waals surface area contributed by atoms with Crippen LogP contribution in [0.2, 0.25) is 0 Å². The van der Waals surface area contributed by atoms with Crippen LogP contribution in [0.15, 0.2) is 400 Å². The van der Waals surface area contributed by atoms with Gasteiger partial charge in [0.25, 0.3) is 0 Å². The molecule has 564 valence electrons. The molecule has 122 heavy (non-hydrogen) atoms. The van der Waals surface area contributed by atoms with Crippen molar-refractivity contribution in [2.45, 2.75) is 0 Å². The molecule has 0 aliphatic carbocycles. The van der Waals surface area contributed by atoms with Crippen LogP contribution in [0.4, 0.5) is 0 Å². The van der Waals surface area contributed by atoms with Gasteiger partial charge in [-0.1, -0.05) is 273 Å². The van der Waals surface area contributed by atoms with Gasteiger partial charge in [-0.05, 0) is 171 Å². The van der Waals surface area contributed by atoms with Crippen molar-refractivity contribution in [1.29, 1.82) is 0 Å². The number of fused-ring (bicyclic) bond motifs is 26. The van der Waals surface area contributed by atoms with E-state index >= 15 is 0 Å². The van der Waals surface area contributed by atoms with Crippen LogP contribution < -0.4 is 0 Å². The molecule has 8 aromatic heterocycles.